The van der Waals surface area contributed by atoms with Crippen LogP contribution in [0, 0.1) is 17.2 Å². The SMILES string of the molecule is N#CC(C(=O)c1ccccc1)C(=O)c1noc2c1CSc1ccccc1-2. The van der Waals surface area contributed by atoms with Gasteiger partial charge in [-0.15, -0.1) is 11.8 Å². The first-order valence-corrected chi connectivity index (χ1v) is 8.93. The van der Waals surface area contributed by atoms with E-state index in [2.05, 4.69) is 5.16 Å². The van der Waals surface area contributed by atoms with E-state index in [1.807, 2.05) is 30.3 Å². The molecule has 1 aliphatic heterocycles. The fraction of sp³-hybridized carbons (Fsp3) is 0.100. The third-order valence-corrected chi connectivity index (χ3v) is 5.34. The van der Waals surface area contributed by atoms with Gasteiger partial charge in [-0.05, 0) is 12.1 Å². The summed E-state index contributed by atoms with van der Waals surface area (Å²) in [5, 5.41) is 13.3. The molecule has 0 spiro atoms. The first-order valence-electron chi connectivity index (χ1n) is 7.94. The van der Waals surface area contributed by atoms with Crippen molar-refractivity contribution in [2.24, 2.45) is 5.92 Å². The minimum atomic E-state index is -1.44. The molecule has 4 rings (SSSR count). The van der Waals surface area contributed by atoms with Crippen molar-refractivity contribution in [1.82, 2.24) is 5.16 Å². The summed E-state index contributed by atoms with van der Waals surface area (Å²) in [4.78, 5) is 26.5. The number of fused-ring (bicyclic) bond motifs is 3. The first kappa shape index (κ1) is 16.3. The van der Waals surface area contributed by atoms with Crippen LogP contribution in [0.3, 0.4) is 0 Å². The quantitative estimate of drug-likeness (QED) is 0.513. The van der Waals surface area contributed by atoms with Crippen LogP contribution in [0.5, 0.6) is 0 Å². The molecule has 1 unspecified atom stereocenters. The highest BCUT2D eigenvalue weighted by molar-refractivity contribution is 7.98. The average Bonchev–Trinajstić information content (AvgIpc) is 3.13. The Balaban J connectivity index is 1.71. The van der Waals surface area contributed by atoms with Gasteiger partial charge in [-0.3, -0.25) is 9.59 Å². The maximum Gasteiger partial charge on any atom is 0.210 e. The number of nitrogens with zero attached hydrogens (tertiary/aromatic N) is 2. The van der Waals surface area contributed by atoms with Crippen molar-refractivity contribution in [2.45, 2.75) is 10.6 Å². The topological polar surface area (TPSA) is 84.0 Å². The predicted octanol–water partition coefficient (Wildman–Crippen LogP) is 4.15. The molecule has 0 radical (unpaired) electrons. The Morgan fingerprint density at radius 2 is 1.81 bits per heavy atom. The van der Waals surface area contributed by atoms with E-state index in [-0.39, 0.29) is 5.69 Å². The highest BCUT2D eigenvalue weighted by Crippen LogP contribution is 2.42. The van der Waals surface area contributed by atoms with Crippen molar-refractivity contribution in [2.75, 3.05) is 0 Å². The Labute approximate surface area is 153 Å². The van der Waals surface area contributed by atoms with Gasteiger partial charge in [-0.1, -0.05) is 47.6 Å². The van der Waals surface area contributed by atoms with Crippen LogP contribution in [0.1, 0.15) is 26.4 Å². The van der Waals surface area contributed by atoms with Gasteiger partial charge < -0.3 is 4.52 Å². The maximum atomic E-state index is 12.9. The zero-order valence-corrected chi connectivity index (χ0v) is 14.3. The van der Waals surface area contributed by atoms with Gasteiger partial charge in [-0.2, -0.15) is 5.26 Å². The summed E-state index contributed by atoms with van der Waals surface area (Å²) in [5.74, 6) is -1.54. The van der Waals surface area contributed by atoms with E-state index >= 15 is 0 Å². The number of nitriles is 1. The molecule has 2 aromatic carbocycles. The molecule has 3 aromatic rings. The number of carbonyl (C=O) groups excluding carboxylic acids is 2. The lowest BCUT2D eigenvalue weighted by molar-refractivity contribution is 0.0840. The van der Waals surface area contributed by atoms with Gasteiger partial charge in [0.25, 0.3) is 0 Å². The molecule has 1 aliphatic rings. The molecule has 0 N–H and O–H groups in total. The number of Topliss-reactive ketones (excluding diaryl/α,β-unsaturated/α-hetero) is 2. The lowest BCUT2D eigenvalue weighted by atomic mass is 9.91. The molecule has 126 valence electrons. The molecule has 2 heterocycles. The van der Waals surface area contributed by atoms with Crippen LogP contribution < -0.4 is 0 Å². The van der Waals surface area contributed by atoms with Crippen LogP contribution in [0.25, 0.3) is 11.3 Å². The zero-order chi connectivity index (χ0) is 18.1. The van der Waals surface area contributed by atoms with Gasteiger partial charge in [0.2, 0.25) is 5.78 Å². The average molecular weight is 360 g/mol. The molecule has 0 saturated heterocycles. The second kappa shape index (κ2) is 6.62. The van der Waals surface area contributed by atoms with E-state index in [1.165, 1.54) is 0 Å². The van der Waals surface area contributed by atoms with Gasteiger partial charge in [0.1, 0.15) is 0 Å². The lowest BCUT2D eigenvalue weighted by Gasteiger charge is -2.14. The third kappa shape index (κ3) is 2.63. The third-order valence-electron chi connectivity index (χ3n) is 4.24. The van der Waals surface area contributed by atoms with Crippen LogP contribution in [-0.4, -0.2) is 16.7 Å². The minimum absolute atomic E-state index is 0.0674. The summed E-state index contributed by atoms with van der Waals surface area (Å²) < 4.78 is 5.41. The fourth-order valence-corrected chi connectivity index (χ4v) is 3.98. The Bertz CT molecular complexity index is 1050. The van der Waals surface area contributed by atoms with E-state index in [1.54, 1.807) is 42.1 Å². The monoisotopic (exact) mass is 360 g/mol. The van der Waals surface area contributed by atoms with Gasteiger partial charge >= 0.3 is 0 Å². The molecule has 1 aromatic heterocycles. The van der Waals surface area contributed by atoms with Crippen molar-refractivity contribution in [1.29, 1.82) is 5.26 Å². The number of carbonyl (C=O) groups is 2. The molecule has 6 heteroatoms. The van der Waals surface area contributed by atoms with Crippen molar-refractivity contribution < 1.29 is 14.1 Å². The second-order valence-electron chi connectivity index (χ2n) is 5.78. The largest absolute Gasteiger partial charge is 0.355 e. The molecule has 0 saturated carbocycles. The van der Waals surface area contributed by atoms with Gasteiger partial charge in [0, 0.05) is 27.3 Å². The lowest BCUT2D eigenvalue weighted by Crippen LogP contribution is -2.24. The van der Waals surface area contributed by atoms with E-state index in [0.29, 0.717) is 22.6 Å². The Morgan fingerprint density at radius 3 is 2.58 bits per heavy atom. The molecular formula is C20H12N2O3S. The maximum absolute atomic E-state index is 12.9. The zero-order valence-electron chi connectivity index (χ0n) is 13.5. The van der Waals surface area contributed by atoms with Crippen LogP contribution in [0.15, 0.2) is 64.0 Å². The number of aromatic nitrogens is 1. The Hall–Kier alpha value is -3.17. The van der Waals surface area contributed by atoms with Crippen molar-refractivity contribution in [3.8, 4) is 17.4 Å². The predicted molar refractivity (Wildman–Crippen MR) is 95.7 cm³/mol. The van der Waals surface area contributed by atoms with Crippen molar-refractivity contribution in [3.05, 3.63) is 71.4 Å². The van der Waals surface area contributed by atoms with E-state index in [4.69, 9.17) is 4.52 Å². The van der Waals surface area contributed by atoms with Crippen molar-refractivity contribution >= 4 is 23.3 Å². The standard InChI is InChI=1S/C20H12N2O3S/c21-10-14(18(23)12-6-2-1-3-7-12)19(24)17-15-11-26-16-9-5-4-8-13(16)20(15)25-22-17/h1-9,14H,11H2. The van der Waals surface area contributed by atoms with Crippen LogP contribution >= 0.6 is 11.8 Å². The molecule has 0 amide bonds. The highest BCUT2D eigenvalue weighted by atomic mass is 32.2. The highest BCUT2D eigenvalue weighted by Gasteiger charge is 2.35. The summed E-state index contributed by atoms with van der Waals surface area (Å²) in [7, 11) is 0. The van der Waals surface area contributed by atoms with Gasteiger partial charge in [0.15, 0.2) is 23.2 Å². The summed E-state index contributed by atoms with van der Waals surface area (Å²) >= 11 is 1.57. The smallest absolute Gasteiger partial charge is 0.210 e. The van der Waals surface area contributed by atoms with Gasteiger partial charge in [0.05, 0.1) is 6.07 Å². The fourth-order valence-electron chi connectivity index (χ4n) is 2.92. The van der Waals surface area contributed by atoms with E-state index in [0.717, 1.165) is 10.5 Å². The van der Waals surface area contributed by atoms with Crippen LogP contribution in [0.4, 0.5) is 0 Å². The number of rotatable bonds is 4. The normalized spacial score (nSPS) is 13.2. The molecule has 0 fully saturated rings. The molecule has 26 heavy (non-hydrogen) atoms. The minimum Gasteiger partial charge on any atom is -0.355 e. The molecule has 1 atom stereocenters. The Kier molecular flexibility index (Phi) is 4.15. The second-order valence-corrected chi connectivity index (χ2v) is 6.80. The summed E-state index contributed by atoms with van der Waals surface area (Å²) in [6.07, 6.45) is 0. The number of hydrogen-bond donors (Lipinski definition) is 0. The molecule has 0 aliphatic carbocycles. The van der Waals surface area contributed by atoms with E-state index < -0.39 is 17.5 Å². The number of ketones is 2. The van der Waals surface area contributed by atoms with Gasteiger partial charge in [-0.25, -0.2) is 0 Å². The summed E-state index contributed by atoms with van der Waals surface area (Å²) in [6, 6.07) is 17.8. The first-order chi connectivity index (χ1) is 12.7. The van der Waals surface area contributed by atoms with E-state index in [9.17, 15) is 14.9 Å². The number of hydrogen-bond acceptors (Lipinski definition) is 6. The summed E-state index contributed by atoms with van der Waals surface area (Å²) in [5.41, 5.74) is 1.90. The van der Waals surface area contributed by atoms with Crippen molar-refractivity contribution in [3.63, 3.8) is 0 Å². The summed E-state index contributed by atoms with van der Waals surface area (Å²) in [6.45, 7) is 0. The number of benzene rings is 2. The molecule has 0 bridgehead atoms. The van der Waals surface area contributed by atoms with Crippen LogP contribution in [0.2, 0.25) is 0 Å². The molecule has 5 nitrogen and oxygen atoms in total. The molecular weight excluding hydrogens is 348 g/mol. The number of thioether (sulfide) groups is 1. The van der Waals surface area contributed by atoms with Crippen LogP contribution in [-0.2, 0) is 5.75 Å². The Morgan fingerprint density at radius 1 is 1.08 bits per heavy atom.